The number of aliphatic hydroxyl groups is 1. The van der Waals surface area contributed by atoms with Crippen LogP contribution >= 0.6 is 0 Å². The zero-order chi connectivity index (χ0) is 13.6. The third-order valence-corrected chi connectivity index (χ3v) is 2.60. The molecule has 102 valence electrons. The van der Waals surface area contributed by atoms with Gasteiger partial charge in [-0.1, -0.05) is 34.6 Å². The van der Waals surface area contributed by atoms with Crippen LogP contribution in [0.15, 0.2) is 0 Å². The van der Waals surface area contributed by atoms with Gasteiger partial charge in [0.2, 0.25) is 5.91 Å². The van der Waals surface area contributed by atoms with Gasteiger partial charge in [-0.3, -0.25) is 4.79 Å². The van der Waals surface area contributed by atoms with E-state index >= 15 is 0 Å². The zero-order valence-electron chi connectivity index (χ0n) is 11.8. The number of carbonyl (C=O) groups is 1. The van der Waals surface area contributed by atoms with E-state index in [0.717, 1.165) is 6.42 Å². The molecule has 0 rings (SSSR count). The van der Waals surface area contributed by atoms with Gasteiger partial charge < -0.3 is 16.2 Å². The van der Waals surface area contributed by atoms with Gasteiger partial charge in [-0.15, -0.1) is 0 Å². The van der Waals surface area contributed by atoms with Crippen molar-refractivity contribution in [3.05, 3.63) is 0 Å². The Bertz CT molecular complexity index is 234. The fraction of sp³-hybridized carbons (Fsp3) is 0.923. The summed E-state index contributed by atoms with van der Waals surface area (Å²) in [6.07, 6.45) is 0.646. The van der Waals surface area contributed by atoms with Crippen LogP contribution in [0.1, 0.15) is 47.5 Å². The number of nitrogens with one attached hydrogen (secondary N) is 1. The molecule has 2 unspecified atom stereocenters. The fourth-order valence-electron chi connectivity index (χ4n) is 1.62. The summed E-state index contributed by atoms with van der Waals surface area (Å²) in [4.78, 5) is 11.6. The highest BCUT2D eigenvalue weighted by Crippen LogP contribution is 2.20. The number of amides is 1. The van der Waals surface area contributed by atoms with Gasteiger partial charge in [-0.25, -0.2) is 0 Å². The Morgan fingerprint density at radius 1 is 1.35 bits per heavy atom. The molecule has 0 aliphatic heterocycles. The quantitative estimate of drug-likeness (QED) is 0.658. The summed E-state index contributed by atoms with van der Waals surface area (Å²) in [7, 11) is 0. The normalized spacial score (nSPS) is 15.8. The molecule has 0 spiro atoms. The number of carbonyl (C=O) groups excluding carboxylic acids is 1. The molecule has 0 aromatic heterocycles. The largest absolute Gasteiger partial charge is 0.391 e. The Labute approximate surface area is 105 Å². The van der Waals surface area contributed by atoms with Gasteiger partial charge in [-0.2, -0.15) is 0 Å². The number of nitrogens with two attached hydrogens (primary N) is 1. The van der Waals surface area contributed by atoms with Crippen LogP contribution in [-0.2, 0) is 4.79 Å². The summed E-state index contributed by atoms with van der Waals surface area (Å²) in [5.74, 6) is 0.0694. The first-order valence-electron chi connectivity index (χ1n) is 6.32. The second-order valence-corrected chi connectivity index (χ2v) is 6.34. The summed E-state index contributed by atoms with van der Waals surface area (Å²) in [5, 5.41) is 12.3. The van der Waals surface area contributed by atoms with Crippen LogP contribution in [0.3, 0.4) is 0 Å². The van der Waals surface area contributed by atoms with Gasteiger partial charge in [0.05, 0.1) is 6.10 Å². The lowest BCUT2D eigenvalue weighted by Gasteiger charge is -2.23. The minimum atomic E-state index is -0.488. The average molecular weight is 244 g/mol. The molecule has 0 aromatic carbocycles. The Morgan fingerprint density at radius 2 is 1.88 bits per heavy atom. The summed E-state index contributed by atoms with van der Waals surface area (Å²) >= 11 is 0. The fourth-order valence-corrected chi connectivity index (χ4v) is 1.62. The van der Waals surface area contributed by atoms with Crippen molar-refractivity contribution in [1.29, 1.82) is 0 Å². The van der Waals surface area contributed by atoms with E-state index < -0.39 is 6.10 Å². The van der Waals surface area contributed by atoms with E-state index in [2.05, 4.69) is 26.1 Å². The van der Waals surface area contributed by atoms with Crippen molar-refractivity contribution in [2.45, 2.75) is 59.6 Å². The Balaban J connectivity index is 3.87. The highest BCUT2D eigenvalue weighted by Gasteiger charge is 2.18. The first-order valence-corrected chi connectivity index (χ1v) is 6.32. The Kier molecular flexibility index (Phi) is 6.72. The van der Waals surface area contributed by atoms with Crippen molar-refractivity contribution in [3.63, 3.8) is 0 Å². The molecule has 4 nitrogen and oxygen atoms in total. The van der Waals surface area contributed by atoms with Gasteiger partial charge in [0.1, 0.15) is 0 Å². The molecule has 0 saturated heterocycles. The van der Waals surface area contributed by atoms with Crippen molar-refractivity contribution in [2.24, 2.45) is 17.1 Å². The second-order valence-electron chi connectivity index (χ2n) is 6.34. The monoisotopic (exact) mass is 244 g/mol. The smallest absolute Gasteiger partial charge is 0.221 e. The predicted molar refractivity (Wildman–Crippen MR) is 70.5 cm³/mol. The molecule has 4 N–H and O–H groups in total. The molecule has 1 amide bonds. The minimum Gasteiger partial charge on any atom is -0.391 e. The van der Waals surface area contributed by atoms with Gasteiger partial charge in [-0.05, 0) is 17.8 Å². The molecular formula is C13H28N2O2. The van der Waals surface area contributed by atoms with Crippen LogP contribution in [-0.4, -0.2) is 29.7 Å². The molecule has 0 heterocycles. The topological polar surface area (TPSA) is 75.3 Å². The van der Waals surface area contributed by atoms with E-state index in [0.29, 0.717) is 13.0 Å². The molecule has 0 saturated carbocycles. The van der Waals surface area contributed by atoms with Crippen molar-refractivity contribution in [1.82, 2.24) is 5.32 Å². The third-order valence-electron chi connectivity index (χ3n) is 2.60. The van der Waals surface area contributed by atoms with Crippen LogP contribution in [0, 0.1) is 11.3 Å². The van der Waals surface area contributed by atoms with Crippen LogP contribution < -0.4 is 11.1 Å². The molecule has 0 aromatic rings. The molecule has 0 aliphatic carbocycles. The van der Waals surface area contributed by atoms with Crippen molar-refractivity contribution in [3.8, 4) is 0 Å². The Morgan fingerprint density at radius 3 is 2.29 bits per heavy atom. The molecule has 2 atom stereocenters. The predicted octanol–water partition coefficient (Wildman–Crippen LogP) is 1.27. The summed E-state index contributed by atoms with van der Waals surface area (Å²) in [6, 6.07) is -0.119. The first-order chi connectivity index (χ1) is 7.61. The molecule has 4 heteroatoms. The Hall–Kier alpha value is -0.610. The van der Waals surface area contributed by atoms with Gasteiger partial charge in [0.25, 0.3) is 0 Å². The molecule has 17 heavy (non-hydrogen) atoms. The molecule has 0 radical (unpaired) electrons. The van der Waals surface area contributed by atoms with Crippen molar-refractivity contribution in [2.75, 3.05) is 6.54 Å². The lowest BCUT2D eigenvalue weighted by Crippen LogP contribution is -2.38. The van der Waals surface area contributed by atoms with E-state index in [1.165, 1.54) is 0 Å². The maximum atomic E-state index is 11.6. The van der Waals surface area contributed by atoms with Gasteiger partial charge in [0, 0.05) is 19.0 Å². The number of aliphatic hydroxyl groups excluding tert-OH is 1. The lowest BCUT2D eigenvalue weighted by atomic mass is 9.87. The van der Waals surface area contributed by atoms with E-state index in [9.17, 15) is 9.90 Å². The van der Waals surface area contributed by atoms with Gasteiger partial charge in [0.15, 0.2) is 0 Å². The van der Waals surface area contributed by atoms with Crippen LogP contribution in [0.25, 0.3) is 0 Å². The molecule has 0 aliphatic rings. The highest BCUT2D eigenvalue weighted by molar-refractivity contribution is 5.76. The molecule has 0 fully saturated rings. The highest BCUT2D eigenvalue weighted by atomic mass is 16.3. The van der Waals surface area contributed by atoms with E-state index in [4.69, 9.17) is 5.73 Å². The van der Waals surface area contributed by atoms with E-state index in [-0.39, 0.29) is 23.3 Å². The standard InChI is InChI=1S/C13H28N2O2/c1-9(2)11(16)8-15-12(17)6-10(14)7-13(3,4)5/h9-11,16H,6-8,14H2,1-5H3,(H,15,17). The zero-order valence-corrected chi connectivity index (χ0v) is 11.8. The maximum Gasteiger partial charge on any atom is 0.221 e. The van der Waals surface area contributed by atoms with E-state index in [1.54, 1.807) is 0 Å². The number of rotatable bonds is 6. The van der Waals surface area contributed by atoms with E-state index in [1.807, 2.05) is 13.8 Å². The number of hydrogen-bond donors (Lipinski definition) is 3. The van der Waals surface area contributed by atoms with Crippen molar-refractivity contribution >= 4 is 5.91 Å². The summed E-state index contributed by atoms with van der Waals surface area (Å²) in [6.45, 7) is 10.5. The first kappa shape index (κ1) is 16.4. The lowest BCUT2D eigenvalue weighted by molar-refractivity contribution is -0.122. The SMILES string of the molecule is CC(C)C(O)CNC(=O)CC(N)CC(C)(C)C. The summed E-state index contributed by atoms with van der Waals surface area (Å²) in [5.41, 5.74) is 6.04. The summed E-state index contributed by atoms with van der Waals surface area (Å²) < 4.78 is 0. The second kappa shape index (κ2) is 6.97. The van der Waals surface area contributed by atoms with Crippen LogP contribution in [0.5, 0.6) is 0 Å². The average Bonchev–Trinajstić information content (AvgIpc) is 2.10. The molecule has 0 bridgehead atoms. The van der Waals surface area contributed by atoms with Crippen LogP contribution in [0.4, 0.5) is 0 Å². The minimum absolute atomic E-state index is 0.0820. The van der Waals surface area contributed by atoms with Crippen LogP contribution in [0.2, 0.25) is 0 Å². The molecular weight excluding hydrogens is 216 g/mol. The maximum absolute atomic E-state index is 11.6. The third kappa shape index (κ3) is 9.12. The van der Waals surface area contributed by atoms with Crippen molar-refractivity contribution < 1.29 is 9.90 Å². The van der Waals surface area contributed by atoms with Gasteiger partial charge >= 0.3 is 0 Å². The number of hydrogen-bond acceptors (Lipinski definition) is 3.